The second-order valence-electron chi connectivity index (χ2n) is 7.99. The summed E-state index contributed by atoms with van der Waals surface area (Å²) < 4.78 is 47.6. The molecule has 2 aromatic rings. The average molecular weight is 419 g/mol. The number of halogens is 3. The number of alkyl halides is 2. The van der Waals surface area contributed by atoms with Gasteiger partial charge in [-0.1, -0.05) is 18.2 Å². The molecule has 0 aromatic heterocycles. The summed E-state index contributed by atoms with van der Waals surface area (Å²) in [4.78, 5) is 12.6. The second-order valence-corrected chi connectivity index (χ2v) is 7.99. The van der Waals surface area contributed by atoms with Crippen LogP contribution in [0.1, 0.15) is 54.4 Å². The molecule has 0 bridgehead atoms. The molecule has 160 valence electrons. The van der Waals surface area contributed by atoms with Crippen LogP contribution in [0.15, 0.2) is 30.3 Å². The molecule has 0 spiro atoms. The van der Waals surface area contributed by atoms with Crippen LogP contribution in [0.25, 0.3) is 0 Å². The average Bonchev–Trinajstić information content (AvgIpc) is 2.69. The number of benzene rings is 2. The quantitative estimate of drug-likeness (QED) is 0.664. The van der Waals surface area contributed by atoms with Crippen LogP contribution < -0.4 is 9.64 Å². The van der Waals surface area contributed by atoms with Gasteiger partial charge in [0.15, 0.2) is 5.82 Å². The van der Waals surface area contributed by atoms with E-state index in [0.29, 0.717) is 31.7 Å². The maximum atomic E-state index is 14.9. The van der Waals surface area contributed by atoms with Crippen molar-refractivity contribution in [3.05, 3.63) is 58.4 Å². The van der Waals surface area contributed by atoms with Gasteiger partial charge in [-0.05, 0) is 54.9 Å². The van der Waals surface area contributed by atoms with Crippen LogP contribution >= 0.6 is 0 Å². The van der Waals surface area contributed by atoms with E-state index in [1.807, 2.05) is 18.2 Å². The Morgan fingerprint density at radius 3 is 2.67 bits per heavy atom. The highest BCUT2D eigenvalue weighted by Crippen LogP contribution is 2.37. The zero-order valence-corrected chi connectivity index (χ0v) is 16.5. The molecule has 4 nitrogen and oxygen atoms in total. The molecular formula is C23H24F3NO3. The van der Waals surface area contributed by atoms with Gasteiger partial charge in [-0.25, -0.2) is 13.2 Å². The van der Waals surface area contributed by atoms with Crippen molar-refractivity contribution in [1.29, 1.82) is 0 Å². The molecule has 7 heteroatoms. The number of nitrogens with zero attached hydrogens (tertiary/aromatic N) is 1. The van der Waals surface area contributed by atoms with Crippen molar-refractivity contribution < 1.29 is 27.8 Å². The lowest BCUT2D eigenvalue weighted by molar-refractivity contribution is -0.136. The summed E-state index contributed by atoms with van der Waals surface area (Å²) in [7, 11) is 0. The lowest BCUT2D eigenvalue weighted by atomic mass is 9.95. The molecule has 2 aromatic carbocycles. The maximum Gasteiger partial charge on any atom is 0.303 e. The molecule has 0 atom stereocenters. The maximum absolute atomic E-state index is 14.9. The van der Waals surface area contributed by atoms with E-state index in [4.69, 9.17) is 9.84 Å². The van der Waals surface area contributed by atoms with Gasteiger partial charge in [0.1, 0.15) is 5.75 Å². The first-order chi connectivity index (χ1) is 14.4. The van der Waals surface area contributed by atoms with E-state index in [-0.39, 0.29) is 18.2 Å². The molecule has 0 unspecified atom stereocenters. The SMILES string of the molecule is O=C(O)CCc1ccc2c(c1)CCN(c1cc(OC3CCC3)cc(C(F)F)c1F)C2. The number of carboxylic acids is 1. The van der Waals surface area contributed by atoms with Crippen LogP contribution in [0, 0.1) is 5.82 Å². The summed E-state index contributed by atoms with van der Waals surface area (Å²) in [5.74, 6) is -1.44. The molecule has 1 fully saturated rings. The molecule has 4 rings (SSSR count). The van der Waals surface area contributed by atoms with Gasteiger partial charge in [0.25, 0.3) is 6.43 Å². The van der Waals surface area contributed by atoms with Crippen molar-refractivity contribution in [2.75, 3.05) is 11.4 Å². The standard InChI is InChI=1S/C23H24F3NO3/c24-22-19(23(25)26)11-18(30-17-2-1-3-17)12-20(22)27-9-8-15-10-14(5-7-21(28)29)4-6-16(15)13-27/h4,6,10-12,17,23H,1-3,5,7-9,13H2,(H,28,29). The summed E-state index contributed by atoms with van der Waals surface area (Å²) in [5, 5.41) is 8.85. The predicted octanol–water partition coefficient (Wildman–Crippen LogP) is 5.27. The Balaban J connectivity index is 1.57. The first kappa shape index (κ1) is 20.6. The number of ether oxygens (including phenoxy) is 1. The molecule has 0 radical (unpaired) electrons. The van der Waals surface area contributed by atoms with Gasteiger partial charge in [-0.2, -0.15) is 0 Å². The third-order valence-corrected chi connectivity index (χ3v) is 5.90. The fourth-order valence-corrected chi connectivity index (χ4v) is 3.96. The Morgan fingerprint density at radius 1 is 1.20 bits per heavy atom. The number of aliphatic carboxylic acids is 1. The Hall–Kier alpha value is -2.70. The van der Waals surface area contributed by atoms with E-state index in [1.165, 1.54) is 6.07 Å². The normalized spacial score (nSPS) is 16.3. The Labute approximate surface area is 173 Å². The number of fused-ring (bicyclic) bond motifs is 1. The zero-order valence-electron chi connectivity index (χ0n) is 16.5. The number of carbonyl (C=O) groups is 1. The van der Waals surface area contributed by atoms with Crippen molar-refractivity contribution in [1.82, 2.24) is 0 Å². The molecule has 1 heterocycles. The number of hydrogen-bond donors (Lipinski definition) is 1. The molecule has 0 amide bonds. The molecular weight excluding hydrogens is 395 g/mol. The lowest BCUT2D eigenvalue weighted by Crippen LogP contribution is -2.31. The fourth-order valence-electron chi connectivity index (χ4n) is 3.96. The van der Waals surface area contributed by atoms with E-state index in [9.17, 15) is 18.0 Å². The van der Waals surface area contributed by atoms with Crippen LogP contribution in [0.2, 0.25) is 0 Å². The van der Waals surface area contributed by atoms with Gasteiger partial charge in [-0.15, -0.1) is 0 Å². The Kier molecular flexibility index (Phi) is 5.88. The number of carboxylic acid groups (broad SMARTS) is 1. The van der Waals surface area contributed by atoms with E-state index in [1.54, 1.807) is 4.90 Å². The van der Waals surface area contributed by atoms with Gasteiger partial charge < -0.3 is 14.7 Å². The van der Waals surface area contributed by atoms with Gasteiger partial charge in [-0.3, -0.25) is 4.79 Å². The van der Waals surface area contributed by atoms with Crippen molar-refractivity contribution >= 4 is 11.7 Å². The van der Waals surface area contributed by atoms with Gasteiger partial charge in [0.05, 0.1) is 17.4 Å². The number of hydrogen-bond acceptors (Lipinski definition) is 3. The Bertz CT molecular complexity index is 944. The van der Waals surface area contributed by atoms with Gasteiger partial charge in [0, 0.05) is 25.6 Å². The minimum atomic E-state index is -2.91. The predicted molar refractivity (Wildman–Crippen MR) is 107 cm³/mol. The fraction of sp³-hybridized carbons (Fsp3) is 0.435. The van der Waals surface area contributed by atoms with E-state index < -0.39 is 23.8 Å². The molecule has 0 saturated heterocycles. The van der Waals surface area contributed by atoms with Crippen molar-refractivity contribution in [2.45, 2.75) is 57.6 Å². The number of anilines is 1. The van der Waals surface area contributed by atoms with Crippen molar-refractivity contribution in [2.24, 2.45) is 0 Å². The first-order valence-electron chi connectivity index (χ1n) is 10.3. The highest BCUT2D eigenvalue weighted by molar-refractivity contribution is 5.67. The van der Waals surface area contributed by atoms with Crippen LogP contribution in [-0.4, -0.2) is 23.7 Å². The van der Waals surface area contributed by atoms with Crippen LogP contribution in [0.3, 0.4) is 0 Å². The lowest BCUT2D eigenvalue weighted by Gasteiger charge is -2.33. The van der Waals surface area contributed by atoms with Gasteiger partial charge >= 0.3 is 5.97 Å². The van der Waals surface area contributed by atoms with Crippen molar-refractivity contribution in [3.8, 4) is 5.75 Å². The molecule has 30 heavy (non-hydrogen) atoms. The van der Waals surface area contributed by atoms with Crippen LogP contribution in [-0.2, 0) is 24.2 Å². The van der Waals surface area contributed by atoms with Crippen LogP contribution in [0.4, 0.5) is 18.9 Å². The third-order valence-electron chi connectivity index (χ3n) is 5.90. The molecule has 1 N–H and O–H groups in total. The largest absolute Gasteiger partial charge is 0.490 e. The van der Waals surface area contributed by atoms with Crippen LogP contribution in [0.5, 0.6) is 5.75 Å². The Morgan fingerprint density at radius 2 is 2.00 bits per heavy atom. The first-order valence-corrected chi connectivity index (χ1v) is 10.3. The molecule has 1 aliphatic carbocycles. The number of rotatable bonds is 7. The van der Waals surface area contributed by atoms with E-state index >= 15 is 0 Å². The molecule has 1 saturated carbocycles. The summed E-state index contributed by atoms with van der Waals surface area (Å²) in [6.45, 7) is 0.892. The van der Waals surface area contributed by atoms with Gasteiger partial charge in [0.2, 0.25) is 0 Å². The third kappa shape index (κ3) is 4.40. The topological polar surface area (TPSA) is 49.8 Å². The monoisotopic (exact) mass is 419 g/mol. The highest BCUT2D eigenvalue weighted by Gasteiger charge is 2.27. The minimum absolute atomic E-state index is 0.0140. The summed E-state index contributed by atoms with van der Waals surface area (Å²) >= 11 is 0. The van der Waals surface area contributed by atoms with Crippen molar-refractivity contribution in [3.63, 3.8) is 0 Å². The number of aryl methyl sites for hydroxylation is 1. The van der Waals surface area contributed by atoms with E-state index in [2.05, 4.69) is 0 Å². The minimum Gasteiger partial charge on any atom is -0.490 e. The summed E-state index contributed by atoms with van der Waals surface area (Å²) in [5.41, 5.74) is 2.54. The molecule has 1 aliphatic heterocycles. The summed E-state index contributed by atoms with van der Waals surface area (Å²) in [6, 6.07) is 8.44. The van der Waals surface area contributed by atoms with E-state index in [0.717, 1.165) is 42.0 Å². The zero-order chi connectivity index (χ0) is 21.3. The smallest absolute Gasteiger partial charge is 0.303 e. The molecule has 2 aliphatic rings. The summed E-state index contributed by atoms with van der Waals surface area (Å²) in [6.07, 6.45) is 1.09. The second kappa shape index (κ2) is 8.58. The highest BCUT2D eigenvalue weighted by atomic mass is 19.3.